The van der Waals surface area contributed by atoms with Crippen LogP contribution in [0.15, 0.2) is 48.8 Å². The summed E-state index contributed by atoms with van der Waals surface area (Å²) in [6.45, 7) is 0. The Morgan fingerprint density at radius 2 is 2.00 bits per heavy atom. The van der Waals surface area contributed by atoms with Crippen molar-refractivity contribution in [1.82, 2.24) is 10.2 Å². The van der Waals surface area contributed by atoms with Gasteiger partial charge < -0.3 is 15.3 Å². The van der Waals surface area contributed by atoms with E-state index in [2.05, 4.69) is 15.5 Å². The van der Waals surface area contributed by atoms with E-state index >= 15 is 0 Å². The lowest BCUT2D eigenvalue weighted by Crippen LogP contribution is -2.37. The molecule has 0 bridgehead atoms. The van der Waals surface area contributed by atoms with Crippen molar-refractivity contribution in [2.45, 2.75) is 31.3 Å². The number of benzene rings is 1. The molecule has 2 aromatic heterocycles. The number of ether oxygens (including phenoxy) is 1. The van der Waals surface area contributed by atoms with Crippen LogP contribution in [0.5, 0.6) is 0 Å². The number of fused-ring (bicyclic) bond motifs is 2. The van der Waals surface area contributed by atoms with Gasteiger partial charge in [0, 0.05) is 18.1 Å². The Balaban J connectivity index is 1.25. The molecule has 31 heavy (non-hydrogen) atoms. The molecule has 1 fully saturated rings. The number of pyridine rings is 1. The highest BCUT2D eigenvalue weighted by Gasteiger charge is 2.50. The average Bonchev–Trinajstić information content (AvgIpc) is 3.32. The van der Waals surface area contributed by atoms with E-state index in [1.807, 2.05) is 0 Å². The zero-order chi connectivity index (χ0) is 21.6. The quantitative estimate of drug-likeness (QED) is 0.383. The van der Waals surface area contributed by atoms with Gasteiger partial charge in [-0.05, 0) is 55.5 Å². The SMILES string of the molecule is O=C1O[C@]2(CC[C@@H](C(=O)Nc3cc(-c4ccc(F)cc4)[nH]n3)CC2)c2c[n+]([O-])ccc21. The number of nitrogens with zero attached hydrogens (tertiary/aromatic N) is 2. The highest BCUT2D eigenvalue weighted by molar-refractivity contribution is 5.95. The maximum absolute atomic E-state index is 13.1. The Bertz CT molecular complexity index is 1170. The summed E-state index contributed by atoms with van der Waals surface area (Å²) in [4.78, 5) is 24.9. The van der Waals surface area contributed by atoms with Crippen LogP contribution in [0, 0.1) is 16.9 Å². The highest BCUT2D eigenvalue weighted by atomic mass is 19.1. The third kappa shape index (κ3) is 3.41. The number of carbonyl (C=O) groups is 2. The number of anilines is 1. The zero-order valence-electron chi connectivity index (χ0n) is 16.4. The second-order valence-corrected chi connectivity index (χ2v) is 7.95. The van der Waals surface area contributed by atoms with Crippen molar-refractivity contribution in [3.05, 3.63) is 70.9 Å². The van der Waals surface area contributed by atoms with E-state index in [0.717, 1.165) is 5.56 Å². The molecule has 0 saturated heterocycles. The maximum atomic E-state index is 13.1. The molecule has 3 heterocycles. The molecule has 158 valence electrons. The van der Waals surface area contributed by atoms with Crippen molar-refractivity contribution in [2.24, 2.45) is 5.92 Å². The largest absolute Gasteiger partial charge is 0.619 e. The molecule has 1 saturated carbocycles. The molecule has 0 unspecified atom stereocenters. The van der Waals surface area contributed by atoms with Crippen LogP contribution >= 0.6 is 0 Å². The van der Waals surface area contributed by atoms with Crippen LogP contribution in [0.25, 0.3) is 11.3 Å². The summed E-state index contributed by atoms with van der Waals surface area (Å²) in [7, 11) is 0. The molecule has 2 N–H and O–H groups in total. The summed E-state index contributed by atoms with van der Waals surface area (Å²) >= 11 is 0. The Labute approximate surface area is 176 Å². The van der Waals surface area contributed by atoms with Crippen LogP contribution in [0.3, 0.4) is 0 Å². The van der Waals surface area contributed by atoms with Crippen molar-refractivity contribution in [3.63, 3.8) is 0 Å². The Morgan fingerprint density at radius 1 is 1.26 bits per heavy atom. The molecule has 8 nitrogen and oxygen atoms in total. The second-order valence-electron chi connectivity index (χ2n) is 7.95. The van der Waals surface area contributed by atoms with E-state index in [4.69, 9.17) is 4.74 Å². The van der Waals surface area contributed by atoms with Crippen molar-refractivity contribution < 1.29 is 23.4 Å². The number of amides is 1. The van der Waals surface area contributed by atoms with Gasteiger partial charge in [-0.15, -0.1) is 0 Å². The third-order valence-electron chi connectivity index (χ3n) is 6.08. The minimum atomic E-state index is -0.835. The number of esters is 1. The zero-order valence-corrected chi connectivity index (χ0v) is 16.4. The van der Waals surface area contributed by atoms with Gasteiger partial charge >= 0.3 is 5.97 Å². The summed E-state index contributed by atoms with van der Waals surface area (Å²) in [5, 5.41) is 21.5. The van der Waals surface area contributed by atoms with Gasteiger partial charge in [-0.25, -0.2) is 9.18 Å². The molecule has 1 aliphatic heterocycles. The van der Waals surface area contributed by atoms with E-state index in [1.165, 1.54) is 30.6 Å². The smallest absolute Gasteiger partial charge is 0.339 e. The number of H-pyrrole nitrogens is 1. The Morgan fingerprint density at radius 3 is 2.74 bits per heavy atom. The number of hydrogen-bond acceptors (Lipinski definition) is 5. The minimum absolute atomic E-state index is 0.163. The first kappa shape index (κ1) is 19.2. The van der Waals surface area contributed by atoms with Crippen LogP contribution in [-0.4, -0.2) is 22.1 Å². The molecule has 1 aliphatic carbocycles. The van der Waals surface area contributed by atoms with Gasteiger partial charge in [-0.2, -0.15) is 9.83 Å². The first-order valence-electron chi connectivity index (χ1n) is 10.0. The molecular weight excluding hydrogens is 403 g/mol. The number of rotatable bonds is 3. The minimum Gasteiger partial charge on any atom is -0.619 e. The van der Waals surface area contributed by atoms with E-state index < -0.39 is 11.6 Å². The van der Waals surface area contributed by atoms with Crippen molar-refractivity contribution >= 4 is 17.7 Å². The molecule has 9 heteroatoms. The number of aromatic amines is 1. The molecular formula is C22H19FN4O4. The molecule has 3 aromatic rings. The predicted octanol–water partition coefficient (Wildman–Crippen LogP) is 3.04. The van der Waals surface area contributed by atoms with Crippen LogP contribution in [0.2, 0.25) is 0 Å². The second kappa shape index (κ2) is 7.19. The fourth-order valence-electron chi connectivity index (χ4n) is 4.42. The lowest BCUT2D eigenvalue weighted by atomic mass is 9.75. The number of nitrogens with one attached hydrogen (secondary N) is 2. The van der Waals surface area contributed by atoms with E-state index in [0.29, 0.717) is 53.1 Å². The first-order chi connectivity index (χ1) is 14.9. The van der Waals surface area contributed by atoms with Gasteiger partial charge in [0.25, 0.3) is 0 Å². The maximum Gasteiger partial charge on any atom is 0.339 e. The van der Waals surface area contributed by atoms with Gasteiger partial charge in [-0.3, -0.25) is 9.89 Å². The summed E-state index contributed by atoms with van der Waals surface area (Å²) in [6, 6.07) is 9.14. The van der Waals surface area contributed by atoms with Crippen LogP contribution in [-0.2, 0) is 15.1 Å². The van der Waals surface area contributed by atoms with Gasteiger partial charge in [0.1, 0.15) is 11.4 Å². The Hall–Kier alpha value is -3.75. The van der Waals surface area contributed by atoms with Gasteiger partial charge in [-0.1, -0.05) is 0 Å². The van der Waals surface area contributed by atoms with Crippen LogP contribution in [0.4, 0.5) is 10.2 Å². The van der Waals surface area contributed by atoms with Crippen molar-refractivity contribution in [1.29, 1.82) is 0 Å². The summed E-state index contributed by atoms with van der Waals surface area (Å²) < 4.78 is 19.4. The van der Waals surface area contributed by atoms with Gasteiger partial charge in [0.15, 0.2) is 18.2 Å². The standard InChI is InChI=1S/C22H19FN4O4/c23-15-3-1-13(2-4-15)18-11-19(26-25-18)24-20(28)14-5-8-22(9-6-14)17-12-27(30)10-7-16(17)21(29)31-22/h1-4,7,10-12,14H,5-6,8-9H2,(H2,24,25,26,28)/t14-,22+. The summed E-state index contributed by atoms with van der Waals surface area (Å²) in [5.41, 5.74) is 1.60. The molecule has 5 rings (SSSR count). The fourth-order valence-corrected chi connectivity index (χ4v) is 4.42. The summed E-state index contributed by atoms with van der Waals surface area (Å²) in [5.74, 6) is -0.795. The van der Waals surface area contributed by atoms with Crippen LogP contribution < -0.4 is 10.0 Å². The monoisotopic (exact) mass is 422 g/mol. The molecule has 0 radical (unpaired) electrons. The molecule has 1 amide bonds. The number of carbonyl (C=O) groups excluding carboxylic acids is 2. The Kier molecular flexibility index (Phi) is 4.46. The van der Waals surface area contributed by atoms with E-state index in [-0.39, 0.29) is 17.6 Å². The molecule has 1 aromatic carbocycles. The summed E-state index contributed by atoms with van der Waals surface area (Å²) in [6.07, 6.45) is 4.64. The number of aromatic nitrogens is 3. The highest BCUT2D eigenvalue weighted by Crippen LogP contribution is 2.47. The first-order valence-corrected chi connectivity index (χ1v) is 10.0. The lowest BCUT2D eigenvalue weighted by Gasteiger charge is -2.35. The normalized spacial score (nSPS) is 22.2. The molecule has 0 atom stereocenters. The van der Waals surface area contributed by atoms with E-state index in [1.54, 1.807) is 18.2 Å². The topological polar surface area (TPSA) is 111 Å². The van der Waals surface area contributed by atoms with E-state index in [9.17, 15) is 19.2 Å². The van der Waals surface area contributed by atoms with Crippen LogP contribution in [0.1, 0.15) is 41.6 Å². The van der Waals surface area contributed by atoms with Gasteiger partial charge in [0.05, 0.1) is 16.8 Å². The molecule has 1 spiro atoms. The average molecular weight is 422 g/mol. The predicted molar refractivity (Wildman–Crippen MR) is 107 cm³/mol. The van der Waals surface area contributed by atoms with Crippen molar-refractivity contribution in [2.75, 3.05) is 5.32 Å². The number of hydrogen-bond donors (Lipinski definition) is 2. The van der Waals surface area contributed by atoms with Crippen molar-refractivity contribution in [3.8, 4) is 11.3 Å². The van der Waals surface area contributed by atoms with Gasteiger partial charge in [0.2, 0.25) is 5.91 Å². The molecule has 2 aliphatic rings. The fraction of sp³-hybridized carbons (Fsp3) is 0.273. The third-order valence-corrected chi connectivity index (χ3v) is 6.08. The lowest BCUT2D eigenvalue weighted by molar-refractivity contribution is -0.606. The number of halogens is 1.